The molecule has 88 valence electrons. The Bertz CT molecular complexity index is 546. The van der Waals surface area contributed by atoms with Crippen molar-refractivity contribution in [3.8, 4) is 0 Å². The molecule has 2 aromatic rings. The van der Waals surface area contributed by atoms with Crippen molar-refractivity contribution < 1.29 is 9.90 Å². The predicted molar refractivity (Wildman–Crippen MR) is 64.8 cm³/mol. The number of hydrogen-bond donors (Lipinski definition) is 1. The summed E-state index contributed by atoms with van der Waals surface area (Å²) >= 11 is 12.0. The van der Waals surface area contributed by atoms with Gasteiger partial charge in [-0.25, -0.2) is 9.78 Å². The van der Waals surface area contributed by atoms with Gasteiger partial charge in [0.05, 0.1) is 12.9 Å². The SMILES string of the molecule is O=C(O)c1cn(Cc2c(Cl)cccc2Cl)cn1. The van der Waals surface area contributed by atoms with Gasteiger partial charge in [-0.05, 0) is 12.1 Å². The Morgan fingerprint density at radius 1 is 1.35 bits per heavy atom. The number of carbonyl (C=O) groups is 1. The molecule has 17 heavy (non-hydrogen) atoms. The van der Waals surface area contributed by atoms with Gasteiger partial charge in [-0.15, -0.1) is 0 Å². The lowest BCUT2D eigenvalue weighted by Gasteiger charge is -2.06. The van der Waals surface area contributed by atoms with E-state index in [1.807, 2.05) is 0 Å². The van der Waals surface area contributed by atoms with Crippen molar-refractivity contribution in [3.63, 3.8) is 0 Å². The van der Waals surface area contributed by atoms with Gasteiger partial charge in [0.15, 0.2) is 5.69 Å². The van der Waals surface area contributed by atoms with Gasteiger partial charge < -0.3 is 9.67 Å². The number of hydrogen-bond acceptors (Lipinski definition) is 2. The van der Waals surface area contributed by atoms with Gasteiger partial charge in [0.25, 0.3) is 0 Å². The van der Waals surface area contributed by atoms with Crippen LogP contribution in [0.1, 0.15) is 16.1 Å². The molecule has 1 heterocycles. The topological polar surface area (TPSA) is 55.1 Å². The number of aromatic carboxylic acids is 1. The number of benzene rings is 1. The molecular formula is C11H8Cl2N2O2. The highest BCUT2D eigenvalue weighted by atomic mass is 35.5. The Hall–Kier alpha value is -1.52. The molecule has 0 saturated carbocycles. The molecule has 0 amide bonds. The molecule has 0 spiro atoms. The van der Waals surface area contributed by atoms with E-state index in [4.69, 9.17) is 28.3 Å². The summed E-state index contributed by atoms with van der Waals surface area (Å²) in [4.78, 5) is 14.4. The van der Waals surface area contributed by atoms with Crippen molar-refractivity contribution in [2.24, 2.45) is 0 Å². The largest absolute Gasteiger partial charge is 0.476 e. The van der Waals surface area contributed by atoms with Gasteiger partial charge in [0.1, 0.15) is 0 Å². The fourth-order valence-corrected chi connectivity index (χ4v) is 1.94. The van der Waals surface area contributed by atoms with Crippen LogP contribution < -0.4 is 0 Å². The van der Waals surface area contributed by atoms with E-state index >= 15 is 0 Å². The van der Waals surface area contributed by atoms with Crippen LogP contribution in [0.15, 0.2) is 30.7 Å². The van der Waals surface area contributed by atoms with Crippen LogP contribution in [0.25, 0.3) is 0 Å². The first-order chi connectivity index (χ1) is 8.08. The van der Waals surface area contributed by atoms with Crippen LogP contribution >= 0.6 is 23.2 Å². The van der Waals surface area contributed by atoms with Crippen molar-refractivity contribution >= 4 is 29.2 Å². The zero-order valence-corrected chi connectivity index (χ0v) is 10.1. The van der Waals surface area contributed by atoms with E-state index in [0.717, 1.165) is 5.56 Å². The normalized spacial score (nSPS) is 10.5. The van der Waals surface area contributed by atoms with Crippen molar-refractivity contribution in [2.75, 3.05) is 0 Å². The molecule has 1 aromatic heterocycles. The van der Waals surface area contributed by atoms with Crippen LogP contribution in [0.4, 0.5) is 0 Å². The molecule has 0 saturated heterocycles. The Balaban J connectivity index is 2.28. The lowest BCUT2D eigenvalue weighted by Crippen LogP contribution is -1.99. The predicted octanol–water partition coefficient (Wildman–Crippen LogP) is 2.94. The summed E-state index contributed by atoms with van der Waals surface area (Å²) in [7, 11) is 0. The molecule has 0 aliphatic rings. The number of nitrogens with zero attached hydrogens (tertiary/aromatic N) is 2. The maximum Gasteiger partial charge on any atom is 0.356 e. The second-order valence-electron chi connectivity index (χ2n) is 3.44. The molecule has 0 fully saturated rings. The minimum atomic E-state index is -1.06. The van der Waals surface area contributed by atoms with Crippen LogP contribution in [0.3, 0.4) is 0 Å². The fourth-order valence-electron chi connectivity index (χ4n) is 1.42. The second kappa shape index (κ2) is 4.77. The monoisotopic (exact) mass is 270 g/mol. The van der Waals surface area contributed by atoms with E-state index in [0.29, 0.717) is 16.6 Å². The van der Waals surface area contributed by atoms with Crippen molar-refractivity contribution in [3.05, 3.63) is 52.0 Å². The minimum Gasteiger partial charge on any atom is -0.476 e. The summed E-state index contributed by atoms with van der Waals surface area (Å²) in [5, 5.41) is 9.83. The van der Waals surface area contributed by atoms with Crippen molar-refractivity contribution in [1.29, 1.82) is 0 Å². The maximum absolute atomic E-state index is 10.7. The zero-order valence-electron chi connectivity index (χ0n) is 8.60. The zero-order chi connectivity index (χ0) is 12.4. The molecule has 1 N–H and O–H groups in total. The summed E-state index contributed by atoms with van der Waals surface area (Å²) in [5.74, 6) is -1.06. The fraction of sp³-hybridized carbons (Fsp3) is 0.0909. The Morgan fingerprint density at radius 2 is 2.00 bits per heavy atom. The summed E-state index contributed by atoms with van der Waals surface area (Å²) in [5.41, 5.74) is 0.735. The standard InChI is InChI=1S/C11H8Cl2N2O2/c12-8-2-1-3-9(13)7(8)4-15-5-10(11(16)17)14-6-15/h1-3,5-6H,4H2,(H,16,17). The van der Waals surface area contributed by atoms with E-state index in [1.54, 1.807) is 22.8 Å². The number of carboxylic acid groups (broad SMARTS) is 1. The third kappa shape index (κ3) is 2.60. The number of carboxylic acids is 1. The number of halogens is 2. The van der Waals surface area contributed by atoms with Gasteiger partial charge in [0.2, 0.25) is 0 Å². The third-order valence-corrected chi connectivity index (χ3v) is 2.96. The highest BCUT2D eigenvalue weighted by Crippen LogP contribution is 2.25. The summed E-state index contributed by atoms with van der Waals surface area (Å²) < 4.78 is 1.62. The molecule has 0 unspecified atom stereocenters. The number of imidazole rings is 1. The van der Waals surface area contributed by atoms with Gasteiger partial charge in [-0.1, -0.05) is 29.3 Å². The van der Waals surface area contributed by atoms with Crippen LogP contribution in [-0.4, -0.2) is 20.6 Å². The van der Waals surface area contributed by atoms with E-state index in [9.17, 15) is 4.79 Å². The third-order valence-electron chi connectivity index (χ3n) is 2.25. The van der Waals surface area contributed by atoms with Crippen LogP contribution in [0.5, 0.6) is 0 Å². The Morgan fingerprint density at radius 3 is 2.53 bits per heavy atom. The first-order valence-electron chi connectivity index (χ1n) is 4.76. The van der Waals surface area contributed by atoms with Gasteiger partial charge in [-0.2, -0.15) is 0 Å². The lowest BCUT2D eigenvalue weighted by molar-refractivity contribution is 0.0691. The van der Waals surface area contributed by atoms with Gasteiger partial charge >= 0.3 is 5.97 Å². The number of aromatic nitrogens is 2. The molecular weight excluding hydrogens is 263 g/mol. The molecule has 6 heteroatoms. The molecule has 0 bridgehead atoms. The molecule has 4 nitrogen and oxygen atoms in total. The minimum absolute atomic E-state index is 0.00632. The molecule has 2 rings (SSSR count). The average molecular weight is 271 g/mol. The van der Waals surface area contributed by atoms with Crippen molar-refractivity contribution in [1.82, 2.24) is 9.55 Å². The van der Waals surface area contributed by atoms with E-state index in [1.165, 1.54) is 12.5 Å². The highest BCUT2D eigenvalue weighted by Gasteiger charge is 2.09. The first kappa shape index (κ1) is 12.0. The average Bonchev–Trinajstić information content (AvgIpc) is 2.72. The quantitative estimate of drug-likeness (QED) is 0.933. The van der Waals surface area contributed by atoms with Gasteiger partial charge in [-0.3, -0.25) is 0 Å². The van der Waals surface area contributed by atoms with Crippen LogP contribution in [0.2, 0.25) is 10.0 Å². The number of rotatable bonds is 3. The van der Waals surface area contributed by atoms with Gasteiger partial charge in [0, 0.05) is 21.8 Å². The molecule has 1 aromatic carbocycles. The summed E-state index contributed by atoms with van der Waals surface area (Å²) in [6.07, 6.45) is 2.87. The first-order valence-corrected chi connectivity index (χ1v) is 5.51. The smallest absolute Gasteiger partial charge is 0.356 e. The van der Waals surface area contributed by atoms with E-state index in [2.05, 4.69) is 4.98 Å². The van der Waals surface area contributed by atoms with Crippen molar-refractivity contribution in [2.45, 2.75) is 6.54 Å². The van der Waals surface area contributed by atoms with E-state index < -0.39 is 5.97 Å². The molecule has 0 atom stereocenters. The second-order valence-corrected chi connectivity index (χ2v) is 4.25. The maximum atomic E-state index is 10.7. The molecule has 0 radical (unpaired) electrons. The molecule has 0 aliphatic carbocycles. The Labute approximate surface area is 107 Å². The van der Waals surface area contributed by atoms with E-state index in [-0.39, 0.29) is 5.69 Å². The lowest BCUT2D eigenvalue weighted by atomic mass is 10.2. The van der Waals surface area contributed by atoms with Crippen LogP contribution in [0, 0.1) is 0 Å². The summed E-state index contributed by atoms with van der Waals surface area (Å²) in [6.45, 7) is 0.388. The molecule has 0 aliphatic heterocycles. The summed E-state index contributed by atoms with van der Waals surface area (Å²) in [6, 6.07) is 5.22. The Kier molecular flexibility index (Phi) is 3.36. The highest BCUT2D eigenvalue weighted by molar-refractivity contribution is 6.35. The van der Waals surface area contributed by atoms with Crippen LogP contribution in [-0.2, 0) is 6.54 Å².